The fourth-order valence-electron chi connectivity index (χ4n) is 13.3. The minimum Gasteiger partial charge on any atom is -0.458 e. The monoisotopic (exact) mass is 1050 g/mol. The Balaban J connectivity index is 0.970. The summed E-state index contributed by atoms with van der Waals surface area (Å²) in [6, 6.07) is 101. The average Bonchev–Trinajstić information content (AvgIpc) is 4.12. The van der Waals surface area contributed by atoms with Gasteiger partial charge in [-0.25, -0.2) is 0 Å². The molecule has 12 aromatic carbocycles. The molecule has 4 aliphatic heterocycles. The van der Waals surface area contributed by atoms with E-state index in [1.807, 2.05) is 11.8 Å². The van der Waals surface area contributed by atoms with Crippen LogP contribution in [0.15, 0.2) is 293 Å². The van der Waals surface area contributed by atoms with Crippen LogP contribution in [0.2, 0.25) is 0 Å². The molecule has 0 N–H and O–H groups in total. The van der Waals surface area contributed by atoms with Gasteiger partial charge in [0.15, 0.2) is 5.58 Å². The lowest BCUT2D eigenvalue weighted by Gasteiger charge is -2.45. The topological polar surface area (TPSA) is 35.3 Å². The molecule has 0 amide bonds. The quantitative estimate of drug-likeness (QED) is 0.140. The molecule has 0 unspecified atom stereocenters. The smallest absolute Gasteiger partial charge is 0.253 e. The molecule has 1 aromatic heterocycles. The summed E-state index contributed by atoms with van der Waals surface area (Å²) in [6.45, 7) is -0.250. The number of furan rings is 1. The van der Waals surface area contributed by atoms with Crippen LogP contribution in [-0.2, 0) is 0 Å². The van der Waals surface area contributed by atoms with Crippen LogP contribution >= 0.6 is 11.8 Å². The van der Waals surface area contributed by atoms with Crippen LogP contribution in [0.1, 0.15) is 0 Å². The lowest BCUT2D eigenvalue weighted by atomic mass is 9.31. The SMILES string of the molecule is c1ccc(N(c2ccccc2)c2cc3c4c(c2)Sc2cc5c(cc2B4c2ccccc2O3)B2c3ccccc3N(c3ccccc3)c3cc(N(c4ccccc4)c4ccccc4)cc(c32)N5c2cccc3c2oc2ccccc23)cc1. The normalized spacial score (nSPS) is 13.1. The van der Waals surface area contributed by atoms with Crippen LogP contribution < -0.4 is 57.1 Å². The molecule has 0 bridgehead atoms. The Hall–Kier alpha value is -10.1. The molecule has 13 aromatic rings. The Bertz CT molecular complexity index is 4560. The zero-order valence-corrected chi connectivity index (χ0v) is 44.5. The molecule has 9 heteroatoms. The summed E-state index contributed by atoms with van der Waals surface area (Å²) in [5, 5.41) is 2.16. The molecule has 17 rings (SSSR count). The lowest BCUT2D eigenvalue weighted by molar-refractivity contribution is 0.486. The van der Waals surface area contributed by atoms with Gasteiger partial charge in [-0.3, -0.25) is 0 Å². The number of para-hydroxylation sites is 9. The van der Waals surface area contributed by atoms with Crippen molar-refractivity contribution in [2.45, 2.75) is 9.79 Å². The minimum absolute atomic E-state index is 0.0992. The van der Waals surface area contributed by atoms with Crippen molar-refractivity contribution in [1.82, 2.24) is 0 Å². The van der Waals surface area contributed by atoms with Crippen molar-refractivity contribution in [3.05, 3.63) is 279 Å². The van der Waals surface area contributed by atoms with Gasteiger partial charge in [0.05, 0.1) is 17.1 Å². The van der Waals surface area contributed by atoms with Gasteiger partial charge in [-0.1, -0.05) is 181 Å². The molecular weight excluding hydrogens is 1010 g/mol. The van der Waals surface area contributed by atoms with E-state index in [-0.39, 0.29) is 13.4 Å². The number of nitrogens with zero attached hydrogens (tertiary/aromatic N) is 4. The first-order chi connectivity index (χ1) is 40.2. The standard InChI is InChI=1S/C72H46B2N4O2S/c1-6-23-47(24-7-1)75(48-25-8-2-9-26-48)52-41-63-70-64(42-52)78(61-38-22-34-55-54-33-16-20-39-65(54)80-72(55)61)62-46-68-59(45-58(62)73(70)56-35-17-19-37-60(56)77(63)51-31-14-5-15-32-51)74-57-36-18-21-40-66(57)79-67-43-53(44-69(81-68)71(67)74)76(49-27-10-3-11-28-49)50-29-12-4-13-30-50/h1-46H. The fraction of sp³-hybridized carbons (Fsp3) is 0. The van der Waals surface area contributed by atoms with Crippen molar-refractivity contribution in [2.24, 2.45) is 0 Å². The number of ether oxygens (including phenoxy) is 1. The molecule has 6 nitrogen and oxygen atoms in total. The minimum atomic E-state index is -0.151. The van der Waals surface area contributed by atoms with E-state index in [1.54, 1.807) is 0 Å². The number of hydrogen-bond acceptors (Lipinski definition) is 7. The second-order valence-electron chi connectivity index (χ2n) is 21.1. The third kappa shape index (κ3) is 7.11. The second kappa shape index (κ2) is 18.2. The van der Waals surface area contributed by atoms with Gasteiger partial charge in [0.1, 0.15) is 17.1 Å². The zero-order chi connectivity index (χ0) is 53.1. The summed E-state index contributed by atoms with van der Waals surface area (Å²) in [5.41, 5.74) is 21.9. The number of hydrogen-bond donors (Lipinski definition) is 0. The number of benzene rings is 12. The Labute approximate surface area is 474 Å². The van der Waals surface area contributed by atoms with Gasteiger partial charge in [0, 0.05) is 77.8 Å². The number of fused-ring (bicyclic) bond motifs is 11. The molecule has 0 fully saturated rings. The average molecular weight is 1050 g/mol. The maximum atomic E-state index is 7.10. The van der Waals surface area contributed by atoms with Crippen molar-refractivity contribution in [2.75, 3.05) is 19.6 Å². The van der Waals surface area contributed by atoms with Crippen LogP contribution in [0.25, 0.3) is 21.9 Å². The summed E-state index contributed by atoms with van der Waals surface area (Å²) in [4.78, 5) is 12.1. The first-order valence-electron chi connectivity index (χ1n) is 27.6. The van der Waals surface area contributed by atoms with E-state index < -0.39 is 0 Å². The molecule has 378 valence electrons. The van der Waals surface area contributed by atoms with E-state index in [2.05, 4.69) is 299 Å². The summed E-state index contributed by atoms with van der Waals surface area (Å²) in [7, 11) is 0. The first kappa shape index (κ1) is 45.9. The summed E-state index contributed by atoms with van der Waals surface area (Å²) in [5.74, 6) is 1.75. The third-order valence-corrected chi connectivity index (χ3v) is 17.8. The maximum absolute atomic E-state index is 7.10. The zero-order valence-electron chi connectivity index (χ0n) is 43.7. The summed E-state index contributed by atoms with van der Waals surface area (Å²) < 4.78 is 14.2. The Morgan fingerprint density at radius 3 is 1.53 bits per heavy atom. The molecule has 0 radical (unpaired) electrons. The molecule has 4 aliphatic rings. The van der Waals surface area contributed by atoms with E-state index in [4.69, 9.17) is 9.15 Å². The highest BCUT2D eigenvalue weighted by atomic mass is 32.2. The first-order valence-corrected chi connectivity index (χ1v) is 28.5. The van der Waals surface area contributed by atoms with E-state index in [0.29, 0.717) is 0 Å². The van der Waals surface area contributed by atoms with E-state index >= 15 is 0 Å². The third-order valence-electron chi connectivity index (χ3n) is 16.7. The molecule has 0 spiro atoms. The van der Waals surface area contributed by atoms with Gasteiger partial charge in [-0.2, -0.15) is 0 Å². The predicted octanol–water partition coefficient (Wildman–Crippen LogP) is 15.7. The number of anilines is 12. The Kier molecular flexibility index (Phi) is 10.3. The molecule has 0 atom stereocenters. The molecule has 0 aliphatic carbocycles. The van der Waals surface area contributed by atoms with Crippen LogP contribution in [0.5, 0.6) is 11.5 Å². The van der Waals surface area contributed by atoms with Crippen molar-refractivity contribution >= 4 is 148 Å². The highest BCUT2D eigenvalue weighted by Crippen LogP contribution is 2.52. The van der Waals surface area contributed by atoms with Crippen molar-refractivity contribution in [3.63, 3.8) is 0 Å². The number of rotatable bonds is 8. The molecule has 5 heterocycles. The second-order valence-corrected chi connectivity index (χ2v) is 22.2. The lowest BCUT2D eigenvalue weighted by Crippen LogP contribution is -2.64. The van der Waals surface area contributed by atoms with Gasteiger partial charge in [-0.05, 0) is 137 Å². The Morgan fingerprint density at radius 1 is 0.321 bits per heavy atom. The van der Waals surface area contributed by atoms with Crippen LogP contribution in [0.4, 0.5) is 68.2 Å². The molecule has 0 saturated heterocycles. The maximum Gasteiger partial charge on any atom is 0.253 e. The predicted molar refractivity (Wildman–Crippen MR) is 339 cm³/mol. The van der Waals surface area contributed by atoms with Gasteiger partial charge in [0.2, 0.25) is 0 Å². The van der Waals surface area contributed by atoms with Crippen molar-refractivity contribution in [1.29, 1.82) is 0 Å². The van der Waals surface area contributed by atoms with Crippen LogP contribution in [0, 0.1) is 0 Å². The van der Waals surface area contributed by atoms with E-state index in [9.17, 15) is 0 Å². The van der Waals surface area contributed by atoms with Crippen molar-refractivity contribution in [3.8, 4) is 11.5 Å². The largest absolute Gasteiger partial charge is 0.458 e. The highest BCUT2D eigenvalue weighted by Gasteiger charge is 2.47. The van der Waals surface area contributed by atoms with Gasteiger partial charge >= 0.3 is 0 Å². The molecular formula is C72H46B2N4O2S. The van der Waals surface area contributed by atoms with E-state index in [0.717, 1.165) is 107 Å². The fourth-order valence-corrected chi connectivity index (χ4v) is 14.6. The highest BCUT2D eigenvalue weighted by molar-refractivity contribution is 8.00. The van der Waals surface area contributed by atoms with Crippen LogP contribution in [0.3, 0.4) is 0 Å². The van der Waals surface area contributed by atoms with Gasteiger partial charge in [0.25, 0.3) is 13.4 Å². The van der Waals surface area contributed by atoms with E-state index in [1.165, 1.54) is 37.1 Å². The van der Waals surface area contributed by atoms with Gasteiger partial charge in [-0.15, -0.1) is 0 Å². The van der Waals surface area contributed by atoms with Crippen molar-refractivity contribution < 1.29 is 9.15 Å². The summed E-state index contributed by atoms with van der Waals surface area (Å²) >= 11 is 1.84. The molecule has 0 saturated carbocycles. The van der Waals surface area contributed by atoms with Gasteiger partial charge < -0.3 is 28.8 Å². The Morgan fingerprint density at radius 2 is 0.852 bits per heavy atom. The van der Waals surface area contributed by atoms with Crippen LogP contribution in [-0.4, -0.2) is 13.4 Å². The molecule has 81 heavy (non-hydrogen) atoms. The summed E-state index contributed by atoms with van der Waals surface area (Å²) in [6.07, 6.45) is 0.